The molecule has 0 aliphatic heterocycles. The van der Waals surface area contributed by atoms with E-state index in [4.69, 9.17) is 9.98 Å². The molecule has 0 atom stereocenters. The fourth-order valence-corrected chi connectivity index (χ4v) is 7.42. The topological polar surface area (TPSA) is 124 Å². The third-order valence-electron chi connectivity index (χ3n) is 10.1. The Morgan fingerprint density at radius 3 is 1.02 bits per heavy atom. The molecule has 0 aliphatic carbocycles. The molecule has 0 saturated carbocycles. The number of nitrogens with zero attached hydrogens (tertiary/aromatic N) is 10. The highest BCUT2D eigenvalue weighted by molar-refractivity contribution is 7.15. The van der Waals surface area contributed by atoms with E-state index >= 15 is 0 Å². The number of hydrogen-bond donors (Lipinski definition) is 0. The van der Waals surface area contributed by atoms with Gasteiger partial charge in [0, 0.05) is 43.7 Å². The molecule has 320 valence electrons. The van der Waals surface area contributed by atoms with Crippen molar-refractivity contribution in [3.63, 3.8) is 0 Å². The number of alkyl halides is 3. The Kier molecular flexibility index (Phi) is 12.6. The molecule has 0 bridgehead atoms. The zero-order chi connectivity index (χ0) is 45.3. The minimum absolute atomic E-state index is 0.309. The van der Waals surface area contributed by atoms with Gasteiger partial charge < -0.3 is 0 Å². The van der Waals surface area contributed by atoms with Crippen molar-refractivity contribution in [1.82, 2.24) is 0 Å². The van der Waals surface area contributed by atoms with Gasteiger partial charge in [0.15, 0.2) is 0 Å². The Bertz CT molecular complexity index is 3340. The Hall–Kier alpha value is -8.49. The summed E-state index contributed by atoms with van der Waals surface area (Å²) in [5.41, 5.74) is 7.10. The smallest absolute Gasteiger partial charge is 0.255 e. The average Bonchev–Trinajstić information content (AvgIpc) is 3.81. The molecule has 0 spiro atoms. The maximum atomic E-state index is 12.9. The van der Waals surface area contributed by atoms with E-state index in [0.717, 1.165) is 71.9 Å². The van der Waals surface area contributed by atoms with Crippen LogP contribution in [0.4, 0.5) is 70.0 Å². The molecule has 9 rings (SSSR count). The van der Waals surface area contributed by atoms with Gasteiger partial charge in [-0.3, -0.25) is 9.98 Å². The molecule has 0 saturated heterocycles. The fourth-order valence-electron chi connectivity index (χ4n) is 6.66. The van der Waals surface area contributed by atoms with Crippen molar-refractivity contribution in [1.29, 1.82) is 0 Å². The normalized spacial score (nSPS) is 12.5. The molecule has 0 fully saturated rings. The van der Waals surface area contributed by atoms with E-state index in [2.05, 4.69) is 40.9 Å². The van der Waals surface area contributed by atoms with Crippen LogP contribution in [0.3, 0.4) is 0 Å². The summed E-state index contributed by atoms with van der Waals surface area (Å²) >= 11 is 1.58. The van der Waals surface area contributed by atoms with E-state index in [1.54, 1.807) is 35.6 Å². The molecule has 0 aliphatic rings. The van der Waals surface area contributed by atoms with Gasteiger partial charge in [0.25, 0.3) is 0 Å². The van der Waals surface area contributed by atoms with Crippen LogP contribution < -0.4 is 0 Å². The van der Waals surface area contributed by atoms with Gasteiger partial charge in [0.05, 0.1) is 62.4 Å². The highest BCUT2D eigenvalue weighted by Crippen LogP contribution is 2.37. The second-order valence-corrected chi connectivity index (χ2v) is 15.9. The van der Waals surface area contributed by atoms with E-state index in [1.165, 1.54) is 17.7 Å². The molecule has 9 aromatic rings. The summed E-state index contributed by atoms with van der Waals surface area (Å²) in [7, 11) is 0. The van der Waals surface area contributed by atoms with Crippen LogP contribution >= 0.6 is 11.3 Å². The number of aliphatic imine (C=N–C) groups is 2. The molecular weight excluding hydrogens is 854 g/mol. The van der Waals surface area contributed by atoms with Gasteiger partial charge in [-0.1, -0.05) is 66.2 Å². The summed E-state index contributed by atoms with van der Waals surface area (Å²) in [5, 5.41) is 38.5. The summed E-state index contributed by atoms with van der Waals surface area (Å²) in [6, 6.07) is 54.3. The first kappa shape index (κ1) is 42.8. The van der Waals surface area contributed by atoms with E-state index in [9.17, 15) is 13.2 Å². The van der Waals surface area contributed by atoms with Crippen LogP contribution in [-0.2, 0) is 6.18 Å². The van der Waals surface area contributed by atoms with Crippen molar-refractivity contribution in [2.45, 2.75) is 13.1 Å². The number of benzene rings is 8. The van der Waals surface area contributed by atoms with Gasteiger partial charge in [-0.05, 0) is 128 Å². The van der Waals surface area contributed by atoms with Crippen LogP contribution in [0, 0.1) is 6.92 Å². The first-order chi connectivity index (χ1) is 32.2. The lowest BCUT2D eigenvalue weighted by atomic mass is 10.1. The average molecular weight is 889 g/mol. The van der Waals surface area contributed by atoms with E-state index in [0.29, 0.717) is 28.4 Å². The van der Waals surface area contributed by atoms with Gasteiger partial charge in [-0.15, -0.1) is 21.6 Å². The quantitative estimate of drug-likeness (QED) is 0.0856. The van der Waals surface area contributed by atoms with Crippen LogP contribution in [0.25, 0.3) is 21.5 Å². The minimum atomic E-state index is -4.41. The van der Waals surface area contributed by atoms with Crippen molar-refractivity contribution < 1.29 is 13.2 Å². The zero-order valence-electron chi connectivity index (χ0n) is 35.0. The Labute approximate surface area is 380 Å². The van der Waals surface area contributed by atoms with Crippen molar-refractivity contribution in [2.75, 3.05) is 0 Å². The lowest BCUT2D eigenvalue weighted by molar-refractivity contribution is -0.137. The standard InChI is InChI=1S/C52H35F3N10S/c1-34-10-14-36(15-11-34)58-60-38-18-22-40(23-19-38)62-64-50-30-28-48(44-6-2-4-8-46(44)50)56-32-42-26-27-43(66-42)33-57-49-29-31-51(47-9-5-3-7-45(47)49)65-63-41-24-20-39(21-25-41)61-59-37-16-12-35(13-17-37)52(53,54)55/h2-33H,1H3. The van der Waals surface area contributed by atoms with Crippen LogP contribution in [-0.4, -0.2) is 12.4 Å². The third-order valence-corrected chi connectivity index (χ3v) is 11.1. The number of thiophene rings is 1. The van der Waals surface area contributed by atoms with Gasteiger partial charge in [-0.25, -0.2) is 0 Å². The molecule has 0 amide bonds. The first-order valence-corrected chi connectivity index (χ1v) is 21.3. The monoisotopic (exact) mass is 888 g/mol. The highest BCUT2D eigenvalue weighted by Gasteiger charge is 2.30. The van der Waals surface area contributed by atoms with Gasteiger partial charge in [0.2, 0.25) is 0 Å². The summed E-state index contributed by atoms with van der Waals surface area (Å²) in [5.74, 6) is 0. The third kappa shape index (κ3) is 10.6. The molecule has 0 radical (unpaired) electrons. The Morgan fingerprint density at radius 1 is 0.348 bits per heavy atom. The highest BCUT2D eigenvalue weighted by atomic mass is 32.1. The summed E-state index contributed by atoms with van der Waals surface area (Å²) < 4.78 is 38.6. The predicted molar refractivity (Wildman–Crippen MR) is 259 cm³/mol. The van der Waals surface area contributed by atoms with Gasteiger partial charge in [0.1, 0.15) is 0 Å². The molecule has 10 nitrogen and oxygen atoms in total. The summed E-state index contributed by atoms with van der Waals surface area (Å²) in [6.45, 7) is 2.04. The molecule has 8 aromatic carbocycles. The van der Waals surface area contributed by atoms with E-state index < -0.39 is 11.7 Å². The number of hydrogen-bond acceptors (Lipinski definition) is 11. The second-order valence-electron chi connectivity index (χ2n) is 14.8. The van der Waals surface area contributed by atoms with Crippen molar-refractivity contribution in [3.05, 3.63) is 203 Å². The van der Waals surface area contributed by atoms with Crippen LogP contribution in [0.2, 0.25) is 0 Å². The van der Waals surface area contributed by atoms with Crippen LogP contribution in [0.1, 0.15) is 20.9 Å². The van der Waals surface area contributed by atoms with E-state index in [-0.39, 0.29) is 0 Å². The summed E-state index contributed by atoms with van der Waals surface area (Å²) in [6.07, 6.45) is -0.701. The van der Waals surface area contributed by atoms with E-state index in [1.807, 2.05) is 153 Å². The predicted octanol–water partition coefficient (Wildman–Crippen LogP) is 18.5. The molecule has 0 unspecified atom stereocenters. The van der Waals surface area contributed by atoms with Crippen LogP contribution in [0.5, 0.6) is 0 Å². The maximum absolute atomic E-state index is 12.9. The van der Waals surface area contributed by atoms with Crippen molar-refractivity contribution >= 4 is 102 Å². The lowest BCUT2D eigenvalue weighted by Gasteiger charge is -2.05. The Morgan fingerprint density at radius 2 is 0.652 bits per heavy atom. The molecule has 1 heterocycles. The number of rotatable bonds is 12. The fraction of sp³-hybridized carbons (Fsp3) is 0.0385. The largest absolute Gasteiger partial charge is 0.416 e. The number of fused-ring (bicyclic) bond motifs is 2. The number of aryl methyl sites for hydroxylation is 1. The number of halogens is 3. The SMILES string of the molecule is Cc1ccc(N=Nc2ccc(N=Nc3ccc(N=Cc4ccc(C=Nc5ccc(N=Nc6ccc(N=Nc7ccc(C(F)(F)F)cc7)cc6)c6ccccc56)s4)c4ccccc34)cc2)cc1. The molecule has 1 aromatic heterocycles. The van der Waals surface area contributed by atoms with Crippen molar-refractivity contribution in [3.8, 4) is 0 Å². The van der Waals surface area contributed by atoms with Crippen molar-refractivity contribution in [2.24, 2.45) is 50.9 Å². The minimum Gasteiger partial charge on any atom is -0.255 e. The Balaban J connectivity index is 0.840. The molecule has 14 heteroatoms. The van der Waals surface area contributed by atoms with Gasteiger partial charge >= 0.3 is 6.18 Å². The first-order valence-electron chi connectivity index (χ1n) is 20.5. The molecular formula is C52H35F3N10S. The second kappa shape index (κ2) is 19.5. The van der Waals surface area contributed by atoms with Crippen LogP contribution in [0.15, 0.2) is 233 Å². The molecule has 66 heavy (non-hydrogen) atoms. The summed E-state index contributed by atoms with van der Waals surface area (Å²) in [4.78, 5) is 11.7. The number of azo groups is 4. The maximum Gasteiger partial charge on any atom is 0.416 e. The zero-order valence-corrected chi connectivity index (χ0v) is 35.8. The van der Waals surface area contributed by atoms with Gasteiger partial charge in [-0.2, -0.15) is 43.9 Å². The molecule has 0 N–H and O–H groups in total. The lowest BCUT2D eigenvalue weighted by Crippen LogP contribution is -2.03.